The lowest BCUT2D eigenvalue weighted by atomic mass is 10.1. The molecule has 3 rings (SSSR count). The highest BCUT2D eigenvalue weighted by Gasteiger charge is 2.16. The van der Waals surface area contributed by atoms with Crippen LogP contribution >= 0.6 is 11.6 Å². The summed E-state index contributed by atoms with van der Waals surface area (Å²) in [5, 5.41) is 5.95. The van der Waals surface area contributed by atoms with Crippen LogP contribution in [0.3, 0.4) is 0 Å². The minimum absolute atomic E-state index is 0.0615. The van der Waals surface area contributed by atoms with E-state index in [4.69, 9.17) is 21.1 Å². The predicted octanol–water partition coefficient (Wildman–Crippen LogP) is 5.16. The molecule has 7 heteroatoms. The minimum Gasteiger partial charge on any atom is -0.493 e. The van der Waals surface area contributed by atoms with Crippen molar-refractivity contribution in [3.63, 3.8) is 0 Å². The average Bonchev–Trinajstić information content (AvgIpc) is 2.79. The molecular formula is C25H23ClN2O4. The van der Waals surface area contributed by atoms with E-state index in [-0.39, 0.29) is 5.70 Å². The number of halogens is 1. The monoisotopic (exact) mass is 450 g/mol. The van der Waals surface area contributed by atoms with Gasteiger partial charge in [0.15, 0.2) is 11.5 Å². The van der Waals surface area contributed by atoms with E-state index in [9.17, 15) is 9.59 Å². The Morgan fingerprint density at radius 1 is 0.969 bits per heavy atom. The number of hydrogen-bond acceptors (Lipinski definition) is 4. The molecule has 3 aromatic rings. The van der Waals surface area contributed by atoms with Gasteiger partial charge in [-0.15, -0.1) is 0 Å². The van der Waals surface area contributed by atoms with Crippen molar-refractivity contribution in [2.45, 2.75) is 6.92 Å². The van der Waals surface area contributed by atoms with Crippen LogP contribution < -0.4 is 20.1 Å². The molecule has 164 valence electrons. The average molecular weight is 451 g/mol. The molecule has 0 heterocycles. The number of hydrogen-bond donors (Lipinski definition) is 2. The summed E-state index contributed by atoms with van der Waals surface area (Å²) in [5.74, 6) is 0.206. The van der Waals surface area contributed by atoms with Crippen LogP contribution in [0.4, 0.5) is 5.69 Å². The Balaban J connectivity index is 1.94. The number of amides is 2. The SMILES string of the molecule is CCOc1cc(/C=C(\NC(=O)c2ccccc2)C(=O)Nc2cccc(Cl)c2)ccc1OC. The largest absolute Gasteiger partial charge is 0.493 e. The van der Waals surface area contributed by atoms with Crippen molar-refractivity contribution in [3.05, 3.63) is 94.6 Å². The van der Waals surface area contributed by atoms with Gasteiger partial charge in [-0.05, 0) is 61.0 Å². The molecule has 32 heavy (non-hydrogen) atoms. The first-order chi connectivity index (χ1) is 15.5. The highest BCUT2D eigenvalue weighted by atomic mass is 35.5. The third kappa shape index (κ3) is 6.12. The van der Waals surface area contributed by atoms with Crippen molar-refractivity contribution >= 4 is 35.2 Å². The van der Waals surface area contributed by atoms with E-state index < -0.39 is 11.8 Å². The molecule has 0 aliphatic carbocycles. The number of ether oxygens (including phenoxy) is 2. The topological polar surface area (TPSA) is 76.7 Å². The number of methoxy groups -OCH3 is 1. The van der Waals surface area contributed by atoms with Gasteiger partial charge in [-0.25, -0.2) is 0 Å². The molecule has 0 radical (unpaired) electrons. The zero-order valence-corrected chi connectivity index (χ0v) is 18.5. The van der Waals surface area contributed by atoms with Gasteiger partial charge >= 0.3 is 0 Å². The number of benzene rings is 3. The summed E-state index contributed by atoms with van der Waals surface area (Å²) in [7, 11) is 1.55. The molecule has 2 N–H and O–H groups in total. The normalized spacial score (nSPS) is 10.9. The molecular weight excluding hydrogens is 428 g/mol. The van der Waals surface area contributed by atoms with E-state index in [1.807, 2.05) is 13.0 Å². The summed E-state index contributed by atoms with van der Waals surface area (Å²) in [4.78, 5) is 25.8. The van der Waals surface area contributed by atoms with E-state index in [1.54, 1.807) is 79.9 Å². The van der Waals surface area contributed by atoms with Crippen LogP contribution in [0.25, 0.3) is 6.08 Å². The van der Waals surface area contributed by atoms with Crippen molar-refractivity contribution in [2.24, 2.45) is 0 Å². The van der Waals surface area contributed by atoms with Crippen LogP contribution in [0.5, 0.6) is 11.5 Å². The first-order valence-electron chi connectivity index (χ1n) is 9.96. The van der Waals surface area contributed by atoms with Gasteiger partial charge in [0.2, 0.25) is 0 Å². The molecule has 0 aliphatic rings. The van der Waals surface area contributed by atoms with Crippen molar-refractivity contribution in [3.8, 4) is 11.5 Å². The number of anilines is 1. The minimum atomic E-state index is -0.495. The second-order valence-corrected chi connectivity index (χ2v) is 7.12. The van der Waals surface area contributed by atoms with Crippen molar-refractivity contribution in [1.82, 2.24) is 5.32 Å². The van der Waals surface area contributed by atoms with E-state index in [1.165, 1.54) is 0 Å². The van der Waals surface area contributed by atoms with Gasteiger partial charge in [-0.3, -0.25) is 9.59 Å². The fourth-order valence-electron chi connectivity index (χ4n) is 2.93. The quantitative estimate of drug-likeness (QED) is 0.465. The maximum atomic E-state index is 13.0. The first-order valence-corrected chi connectivity index (χ1v) is 10.3. The van der Waals surface area contributed by atoms with E-state index >= 15 is 0 Å². The van der Waals surface area contributed by atoms with Crippen molar-refractivity contribution in [2.75, 3.05) is 19.0 Å². The third-order valence-corrected chi connectivity index (χ3v) is 4.64. The lowest BCUT2D eigenvalue weighted by molar-refractivity contribution is -0.113. The Morgan fingerprint density at radius 2 is 1.75 bits per heavy atom. The molecule has 0 atom stereocenters. The Labute approximate surface area is 191 Å². The van der Waals surface area contributed by atoms with Crippen LogP contribution in [0.1, 0.15) is 22.8 Å². The molecule has 3 aromatic carbocycles. The molecule has 0 saturated carbocycles. The van der Waals surface area contributed by atoms with Gasteiger partial charge in [0.25, 0.3) is 11.8 Å². The molecule has 0 saturated heterocycles. The van der Waals surface area contributed by atoms with Crippen LogP contribution in [-0.2, 0) is 4.79 Å². The molecule has 0 spiro atoms. The van der Waals surface area contributed by atoms with Crippen molar-refractivity contribution in [1.29, 1.82) is 0 Å². The van der Waals surface area contributed by atoms with E-state index in [0.29, 0.717) is 39.9 Å². The number of nitrogens with one attached hydrogen (secondary N) is 2. The summed E-state index contributed by atoms with van der Waals surface area (Å²) >= 11 is 6.02. The maximum Gasteiger partial charge on any atom is 0.272 e. The van der Waals surface area contributed by atoms with Crippen molar-refractivity contribution < 1.29 is 19.1 Å². The molecule has 6 nitrogen and oxygen atoms in total. The highest BCUT2D eigenvalue weighted by molar-refractivity contribution is 6.31. The lowest BCUT2D eigenvalue weighted by Crippen LogP contribution is -2.30. The second kappa shape index (κ2) is 11.0. The first kappa shape index (κ1) is 22.9. The Bertz CT molecular complexity index is 1130. The molecule has 0 aromatic heterocycles. The highest BCUT2D eigenvalue weighted by Crippen LogP contribution is 2.29. The maximum absolute atomic E-state index is 13.0. The van der Waals surface area contributed by atoms with Gasteiger partial charge in [0.1, 0.15) is 5.70 Å². The Kier molecular flexibility index (Phi) is 7.89. The standard InChI is InChI=1S/C25H23ClN2O4/c1-3-32-23-15-17(12-13-22(23)31-2)14-21(28-24(29)18-8-5-4-6-9-18)25(30)27-20-11-7-10-19(26)16-20/h4-16H,3H2,1-2H3,(H,27,30)(H,28,29)/b21-14-. The smallest absolute Gasteiger partial charge is 0.272 e. The summed E-state index contributed by atoms with van der Waals surface area (Å²) in [5.41, 5.74) is 1.65. The molecule has 0 unspecified atom stereocenters. The third-order valence-electron chi connectivity index (χ3n) is 4.41. The number of carbonyl (C=O) groups excluding carboxylic acids is 2. The van der Waals surface area contributed by atoms with E-state index in [0.717, 1.165) is 0 Å². The van der Waals surface area contributed by atoms with Gasteiger partial charge in [-0.2, -0.15) is 0 Å². The van der Waals surface area contributed by atoms with Gasteiger partial charge < -0.3 is 20.1 Å². The zero-order chi connectivity index (χ0) is 22.9. The summed E-state index contributed by atoms with van der Waals surface area (Å²) < 4.78 is 10.9. The van der Waals surface area contributed by atoms with Crippen LogP contribution in [0, 0.1) is 0 Å². The number of rotatable bonds is 8. The van der Waals surface area contributed by atoms with Gasteiger partial charge in [0, 0.05) is 16.3 Å². The zero-order valence-electron chi connectivity index (χ0n) is 17.7. The van der Waals surface area contributed by atoms with Gasteiger partial charge in [0.05, 0.1) is 13.7 Å². The second-order valence-electron chi connectivity index (χ2n) is 6.69. The Morgan fingerprint density at radius 3 is 2.44 bits per heavy atom. The summed E-state index contributed by atoms with van der Waals surface area (Å²) in [6.07, 6.45) is 1.57. The van der Waals surface area contributed by atoms with Crippen LogP contribution in [0.15, 0.2) is 78.5 Å². The molecule has 0 fully saturated rings. The molecule has 2 amide bonds. The van der Waals surface area contributed by atoms with Crippen LogP contribution in [-0.4, -0.2) is 25.5 Å². The molecule has 0 aliphatic heterocycles. The fraction of sp³-hybridized carbons (Fsp3) is 0.120. The summed E-state index contributed by atoms with van der Waals surface area (Å²) in [6.45, 7) is 2.32. The summed E-state index contributed by atoms with van der Waals surface area (Å²) in [6, 6.07) is 20.7. The predicted molar refractivity (Wildman–Crippen MR) is 126 cm³/mol. The lowest BCUT2D eigenvalue weighted by Gasteiger charge is -2.13. The van der Waals surface area contributed by atoms with Crippen LogP contribution in [0.2, 0.25) is 5.02 Å². The Hall–Kier alpha value is -3.77. The van der Waals surface area contributed by atoms with E-state index in [2.05, 4.69) is 10.6 Å². The fourth-order valence-corrected chi connectivity index (χ4v) is 3.12. The van der Waals surface area contributed by atoms with Gasteiger partial charge in [-0.1, -0.05) is 41.9 Å². The molecule has 0 bridgehead atoms. The number of carbonyl (C=O) groups is 2.